The largest absolute Gasteiger partial charge is 0.481 e. The van der Waals surface area contributed by atoms with Gasteiger partial charge in [0.15, 0.2) is 0 Å². The van der Waals surface area contributed by atoms with Gasteiger partial charge in [0.25, 0.3) is 0 Å². The third kappa shape index (κ3) is 2.08. The molecule has 1 fully saturated rings. The van der Waals surface area contributed by atoms with Crippen LogP contribution in [-0.4, -0.2) is 17.1 Å². The summed E-state index contributed by atoms with van der Waals surface area (Å²) in [7, 11) is 0. The van der Waals surface area contributed by atoms with Gasteiger partial charge in [-0.1, -0.05) is 32.6 Å². The number of carbonyl (C=O) groups is 1. The molecule has 3 N–H and O–H groups in total. The Morgan fingerprint density at radius 2 is 2.29 bits per heavy atom. The van der Waals surface area contributed by atoms with Crippen LogP contribution in [0.25, 0.3) is 0 Å². The molecule has 0 aromatic rings. The highest BCUT2D eigenvalue weighted by atomic mass is 16.4. The second-order valence-corrected chi connectivity index (χ2v) is 4.42. The second-order valence-electron chi connectivity index (χ2n) is 4.42. The van der Waals surface area contributed by atoms with Crippen molar-refractivity contribution >= 4 is 5.97 Å². The summed E-state index contributed by atoms with van der Waals surface area (Å²) in [6, 6.07) is -0.139. The fourth-order valence-electron chi connectivity index (χ4n) is 2.44. The number of carboxylic acids is 1. The van der Waals surface area contributed by atoms with E-state index in [2.05, 4.69) is 6.92 Å². The maximum Gasteiger partial charge on any atom is 0.311 e. The number of carboxylic acid groups (broad SMARTS) is 1. The minimum absolute atomic E-state index is 0.139. The molecule has 82 valence electrons. The summed E-state index contributed by atoms with van der Waals surface area (Å²) in [6.07, 6.45) is 6.51. The highest BCUT2D eigenvalue weighted by Crippen LogP contribution is 2.40. The fraction of sp³-hybridized carbons (Fsp3) is 0.909. The van der Waals surface area contributed by atoms with E-state index in [-0.39, 0.29) is 6.04 Å². The van der Waals surface area contributed by atoms with Crippen LogP contribution < -0.4 is 5.73 Å². The molecule has 0 bridgehead atoms. The maximum absolute atomic E-state index is 11.3. The van der Waals surface area contributed by atoms with Gasteiger partial charge in [-0.3, -0.25) is 4.79 Å². The molecule has 3 heteroatoms. The van der Waals surface area contributed by atoms with E-state index in [1.807, 2.05) is 0 Å². The van der Waals surface area contributed by atoms with Crippen LogP contribution in [0.2, 0.25) is 0 Å². The van der Waals surface area contributed by atoms with Crippen molar-refractivity contribution < 1.29 is 9.90 Å². The minimum Gasteiger partial charge on any atom is -0.481 e. The fourth-order valence-corrected chi connectivity index (χ4v) is 2.44. The van der Waals surface area contributed by atoms with Crippen LogP contribution in [0.1, 0.15) is 51.9 Å². The van der Waals surface area contributed by atoms with Crippen molar-refractivity contribution in [1.82, 2.24) is 0 Å². The first kappa shape index (κ1) is 11.5. The van der Waals surface area contributed by atoms with E-state index in [1.165, 1.54) is 0 Å². The van der Waals surface area contributed by atoms with E-state index in [0.29, 0.717) is 0 Å². The van der Waals surface area contributed by atoms with E-state index >= 15 is 0 Å². The third-order valence-electron chi connectivity index (χ3n) is 3.50. The lowest BCUT2D eigenvalue weighted by atomic mass is 9.68. The van der Waals surface area contributed by atoms with Crippen LogP contribution in [0.5, 0.6) is 0 Å². The molecule has 0 amide bonds. The Kier molecular flexibility index (Phi) is 3.93. The molecular weight excluding hydrogens is 178 g/mol. The van der Waals surface area contributed by atoms with E-state index in [0.717, 1.165) is 44.9 Å². The van der Waals surface area contributed by atoms with Gasteiger partial charge in [-0.2, -0.15) is 0 Å². The first-order chi connectivity index (χ1) is 6.63. The van der Waals surface area contributed by atoms with Crippen molar-refractivity contribution in [2.75, 3.05) is 0 Å². The zero-order chi connectivity index (χ0) is 10.6. The quantitative estimate of drug-likeness (QED) is 0.729. The summed E-state index contributed by atoms with van der Waals surface area (Å²) in [4.78, 5) is 11.3. The highest BCUT2D eigenvalue weighted by Gasteiger charge is 2.44. The number of nitrogens with two attached hydrogens (primary N) is 1. The van der Waals surface area contributed by atoms with Crippen molar-refractivity contribution in [3.8, 4) is 0 Å². The molecule has 0 unspecified atom stereocenters. The summed E-state index contributed by atoms with van der Waals surface area (Å²) in [5, 5.41) is 9.31. The molecular formula is C11H21NO2. The molecule has 2 atom stereocenters. The molecule has 0 aromatic heterocycles. The number of aliphatic carboxylic acids is 1. The van der Waals surface area contributed by atoms with E-state index in [9.17, 15) is 9.90 Å². The number of hydrogen-bond donors (Lipinski definition) is 2. The lowest BCUT2D eigenvalue weighted by molar-refractivity contribution is -0.152. The minimum atomic E-state index is -0.682. The van der Waals surface area contributed by atoms with Gasteiger partial charge in [0.2, 0.25) is 0 Å². The van der Waals surface area contributed by atoms with Gasteiger partial charge in [-0.05, 0) is 19.3 Å². The Morgan fingerprint density at radius 1 is 1.57 bits per heavy atom. The summed E-state index contributed by atoms with van der Waals surface area (Å²) < 4.78 is 0. The molecule has 0 radical (unpaired) electrons. The first-order valence-corrected chi connectivity index (χ1v) is 5.62. The Bertz CT molecular complexity index is 205. The molecule has 0 spiro atoms. The summed E-state index contributed by atoms with van der Waals surface area (Å²) in [6.45, 7) is 2.09. The van der Waals surface area contributed by atoms with Gasteiger partial charge in [0, 0.05) is 6.04 Å². The van der Waals surface area contributed by atoms with Gasteiger partial charge < -0.3 is 10.8 Å². The summed E-state index contributed by atoms with van der Waals surface area (Å²) in [5.41, 5.74) is 5.36. The molecule has 0 saturated heterocycles. The number of rotatable bonds is 4. The van der Waals surface area contributed by atoms with Crippen LogP contribution in [0.3, 0.4) is 0 Å². The zero-order valence-electron chi connectivity index (χ0n) is 8.96. The summed E-state index contributed by atoms with van der Waals surface area (Å²) >= 11 is 0. The van der Waals surface area contributed by atoms with Crippen LogP contribution in [0.15, 0.2) is 0 Å². The van der Waals surface area contributed by atoms with Crippen LogP contribution in [-0.2, 0) is 4.79 Å². The van der Waals surface area contributed by atoms with Crippen molar-refractivity contribution in [1.29, 1.82) is 0 Å². The second kappa shape index (κ2) is 4.78. The molecule has 1 aliphatic carbocycles. The molecule has 1 saturated carbocycles. The number of hydrogen-bond acceptors (Lipinski definition) is 2. The topological polar surface area (TPSA) is 63.3 Å². The van der Waals surface area contributed by atoms with Gasteiger partial charge in [-0.15, -0.1) is 0 Å². The average molecular weight is 199 g/mol. The SMILES string of the molecule is CCCC[C@@]1(C(=O)O)CCCC[C@H]1N. The first-order valence-electron chi connectivity index (χ1n) is 5.62. The molecule has 0 aliphatic heterocycles. The molecule has 1 rings (SSSR count). The predicted octanol–water partition coefficient (Wildman–Crippen LogP) is 2.15. The van der Waals surface area contributed by atoms with E-state index < -0.39 is 11.4 Å². The lowest BCUT2D eigenvalue weighted by Gasteiger charge is -2.38. The van der Waals surface area contributed by atoms with Gasteiger partial charge in [-0.25, -0.2) is 0 Å². The third-order valence-corrected chi connectivity index (χ3v) is 3.50. The van der Waals surface area contributed by atoms with Crippen molar-refractivity contribution in [2.45, 2.75) is 57.9 Å². The van der Waals surface area contributed by atoms with E-state index in [1.54, 1.807) is 0 Å². The Hall–Kier alpha value is -0.570. The Balaban J connectivity index is 2.72. The van der Waals surface area contributed by atoms with Crippen molar-refractivity contribution in [2.24, 2.45) is 11.1 Å². The Labute approximate surface area is 85.7 Å². The van der Waals surface area contributed by atoms with Crippen LogP contribution in [0, 0.1) is 5.41 Å². The normalized spacial score (nSPS) is 32.9. The van der Waals surface area contributed by atoms with Crippen molar-refractivity contribution in [3.63, 3.8) is 0 Å². The van der Waals surface area contributed by atoms with Crippen LogP contribution >= 0.6 is 0 Å². The Morgan fingerprint density at radius 3 is 2.79 bits per heavy atom. The lowest BCUT2D eigenvalue weighted by Crippen LogP contribution is -2.49. The summed E-state index contributed by atoms with van der Waals surface area (Å²) in [5.74, 6) is -0.682. The van der Waals surface area contributed by atoms with Crippen LogP contribution in [0.4, 0.5) is 0 Å². The molecule has 3 nitrogen and oxygen atoms in total. The van der Waals surface area contributed by atoms with Gasteiger partial charge in [0.05, 0.1) is 5.41 Å². The monoisotopic (exact) mass is 199 g/mol. The predicted molar refractivity (Wildman–Crippen MR) is 56.0 cm³/mol. The zero-order valence-corrected chi connectivity index (χ0v) is 8.96. The van der Waals surface area contributed by atoms with Gasteiger partial charge >= 0.3 is 5.97 Å². The molecule has 1 aliphatic rings. The molecule has 14 heavy (non-hydrogen) atoms. The number of unbranched alkanes of at least 4 members (excludes halogenated alkanes) is 1. The standard InChI is InChI=1S/C11H21NO2/c1-2-3-7-11(10(13)14)8-5-4-6-9(11)12/h9H,2-8,12H2,1H3,(H,13,14)/t9-,11-/m1/s1. The van der Waals surface area contributed by atoms with Crippen molar-refractivity contribution in [3.05, 3.63) is 0 Å². The molecule has 0 aromatic carbocycles. The molecule has 0 heterocycles. The highest BCUT2D eigenvalue weighted by molar-refractivity contribution is 5.75. The van der Waals surface area contributed by atoms with Gasteiger partial charge in [0.1, 0.15) is 0 Å². The smallest absolute Gasteiger partial charge is 0.311 e. The van der Waals surface area contributed by atoms with E-state index in [4.69, 9.17) is 5.73 Å². The average Bonchev–Trinajstić information content (AvgIpc) is 2.16. The maximum atomic E-state index is 11.3.